The first-order valence-corrected chi connectivity index (χ1v) is 14.2. The molecule has 8 heteroatoms. The molecule has 6 nitrogen and oxygen atoms in total. The van der Waals surface area contributed by atoms with Crippen molar-refractivity contribution in [1.29, 1.82) is 0 Å². The lowest BCUT2D eigenvalue weighted by atomic mass is 10.0. The van der Waals surface area contributed by atoms with Gasteiger partial charge in [0.2, 0.25) is 0 Å². The van der Waals surface area contributed by atoms with Crippen LogP contribution < -0.4 is 0 Å². The Kier molecular flexibility index (Phi) is 13.2. The number of nitrogens with zero attached hydrogens (tertiary/aromatic N) is 2. The highest BCUT2D eigenvalue weighted by atomic mass is 32.2. The van der Waals surface area contributed by atoms with Crippen LogP contribution in [0.5, 0.6) is 0 Å². The van der Waals surface area contributed by atoms with E-state index in [-0.39, 0.29) is 0 Å². The van der Waals surface area contributed by atoms with E-state index >= 15 is 0 Å². The summed E-state index contributed by atoms with van der Waals surface area (Å²) < 4.78 is 0. The first kappa shape index (κ1) is 28.7. The molecule has 0 radical (unpaired) electrons. The van der Waals surface area contributed by atoms with Gasteiger partial charge in [-0.2, -0.15) is 0 Å². The Morgan fingerprint density at radius 2 is 0.971 bits per heavy atom. The average molecular weight is 515 g/mol. The topological polar surface area (TPSA) is 77.3 Å². The number of hydrogen-bond donors (Lipinski definition) is 0. The van der Waals surface area contributed by atoms with Crippen LogP contribution in [0.4, 0.5) is 0 Å². The van der Waals surface area contributed by atoms with Gasteiger partial charge in [0.25, 0.3) is 0 Å². The molecule has 0 unspecified atom stereocenters. The van der Waals surface area contributed by atoms with E-state index in [0.717, 1.165) is 67.5 Å². The molecule has 0 bridgehead atoms. The average Bonchev–Trinajstić information content (AvgIpc) is 2.87. The van der Waals surface area contributed by atoms with E-state index in [1.807, 2.05) is 61.0 Å². The smallest absolute Gasteiger partial charge is 0.318 e. The Hall–Kier alpha value is -2.58. The predicted octanol–water partition coefficient (Wildman–Crippen LogP) is 7.10. The summed E-state index contributed by atoms with van der Waals surface area (Å²) in [5.74, 6) is -0.838. The van der Waals surface area contributed by atoms with E-state index in [1.54, 1.807) is 23.5 Å². The predicted molar refractivity (Wildman–Crippen MR) is 145 cm³/mol. The highest BCUT2D eigenvalue weighted by Crippen LogP contribution is 2.19. The van der Waals surface area contributed by atoms with E-state index in [4.69, 9.17) is 9.68 Å². The van der Waals surface area contributed by atoms with Gasteiger partial charge in [0.15, 0.2) is 0 Å². The zero-order valence-corrected chi connectivity index (χ0v) is 22.5. The second kappa shape index (κ2) is 16.2. The molecule has 0 fully saturated rings. The van der Waals surface area contributed by atoms with Crippen LogP contribution in [-0.4, -0.2) is 35.9 Å². The van der Waals surface area contributed by atoms with Crippen molar-refractivity contribution in [1.82, 2.24) is 0 Å². The van der Waals surface area contributed by atoms with Crippen LogP contribution in [0.3, 0.4) is 0 Å². The zero-order chi connectivity index (χ0) is 25.5. The molecule has 188 valence electrons. The largest absolute Gasteiger partial charge is 0.331 e. The summed E-state index contributed by atoms with van der Waals surface area (Å²) in [7, 11) is 0. The van der Waals surface area contributed by atoms with Crippen LogP contribution in [0.15, 0.2) is 68.6 Å². The van der Waals surface area contributed by atoms with Crippen molar-refractivity contribution in [3.8, 4) is 0 Å². The number of oxime groups is 2. The van der Waals surface area contributed by atoms with Crippen LogP contribution in [0, 0.1) is 0 Å². The Balaban J connectivity index is 1.83. The molecule has 2 aromatic carbocycles. The maximum atomic E-state index is 11.2. The fraction of sp³-hybridized carbons (Fsp3) is 0.407. The molecule has 0 atom stereocenters. The molecule has 0 N–H and O–H groups in total. The van der Waals surface area contributed by atoms with E-state index in [1.165, 1.54) is 23.6 Å². The SMILES string of the molecule is CSc1ccc(C(CCCCCCCC(=NOC(C)=O)c2ccc(SC)cc2)=NOC(C)=O)cc1. The van der Waals surface area contributed by atoms with E-state index < -0.39 is 11.9 Å². The van der Waals surface area contributed by atoms with Crippen molar-refractivity contribution in [2.75, 3.05) is 12.5 Å². The van der Waals surface area contributed by atoms with E-state index in [9.17, 15) is 9.59 Å². The first-order valence-electron chi connectivity index (χ1n) is 11.7. The molecule has 0 aliphatic rings. The van der Waals surface area contributed by atoms with Gasteiger partial charge in [-0.15, -0.1) is 23.5 Å². The highest BCUT2D eigenvalue weighted by Gasteiger charge is 2.08. The normalized spacial score (nSPS) is 11.9. The number of thioether (sulfide) groups is 2. The minimum absolute atomic E-state index is 0.419. The summed E-state index contributed by atoms with van der Waals surface area (Å²) in [6, 6.07) is 16.3. The monoisotopic (exact) mass is 514 g/mol. The highest BCUT2D eigenvalue weighted by molar-refractivity contribution is 7.98. The molecule has 0 saturated heterocycles. The van der Waals surface area contributed by atoms with Crippen LogP contribution >= 0.6 is 23.5 Å². The summed E-state index contributed by atoms with van der Waals surface area (Å²) in [6.45, 7) is 2.71. The van der Waals surface area contributed by atoms with Crippen molar-refractivity contribution in [2.24, 2.45) is 10.3 Å². The first-order chi connectivity index (χ1) is 16.9. The van der Waals surface area contributed by atoms with Crippen molar-refractivity contribution in [2.45, 2.75) is 68.6 Å². The second-order valence-corrected chi connectivity index (χ2v) is 9.73. The zero-order valence-electron chi connectivity index (χ0n) is 20.9. The van der Waals surface area contributed by atoms with Gasteiger partial charge in [-0.1, -0.05) is 53.8 Å². The molecule has 2 rings (SSSR count). The van der Waals surface area contributed by atoms with Gasteiger partial charge in [-0.25, -0.2) is 9.59 Å². The van der Waals surface area contributed by atoms with E-state index in [0.29, 0.717) is 0 Å². The maximum absolute atomic E-state index is 11.2. The van der Waals surface area contributed by atoms with Gasteiger partial charge in [-0.05, 0) is 73.6 Å². The van der Waals surface area contributed by atoms with Crippen LogP contribution in [0.1, 0.15) is 69.9 Å². The number of hydrogen-bond acceptors (Lipinski definition) is 8. The maximum Gasteiger partial charge on any atom is 0.331 e. The molecule has 2 aromatic rings. The molecular formula is C27H34N2O4S2. The second-order valence-electron chi connectivity index (χ2n) is 7.97. The Morgan fingerprint density at radius 3 is 1.29 bits per heavy atom. The summed E-state index contributed by atoms with van der Waals surface area (Å²) in [6.07, 6.45) is 10.6. The molecule has 0 aromatic heterocycles. The van der Waals surface area contributed by atoms with Gasteiger partial charge in [-0.3, -0.25) is 0 Å². The molecule has 0 aliphatic carbocycles. The van der Waals surface area contributed by atoms with Gasteiger partial charge >= 0.3 is 11.9 Å². The lowest BCUT2D eigenvalue weighted by molar-refractivity contribution is -0.141. The minimum Gasteiger partial charge on any atom is -0.318 e. The molecule has 0 aliphatic heterocycles. The molecule has 0 amide bonds. The molecule has 0 saturated carbocycles. The van der Waals surface area contributed by atoms with Crippen molar-refractivity contribution < 1.29 is 19.3 Å². The fourth-order valence-electron chi connectivity index (χ4n) is 3.41. The third-order valence-electron chi connectivity index (χ3n) is 5.24. The fourth-order valence-corrected chi connectivity index (χ4v) is 4.22. The van der Waals surface area contributed by atoms with Crippen LogP contribution in [0.25, 0.3) is 0 Å². The Morgan fingerprint density at radius 1 is 0.629 bits per heavy atom. The molecular weight excluding hydrogens is 480 g/mol. The van der Waals surface area contributed by atoms with Gasteiger partial charge in [0, 0.05) is 23.6 Å². The number of rotatable bonds is 14. The third-order valence-corrected chi connectivity index (χ3v) is 6.73. The molecule has 0 spiro atoms. The molecule has 35 heavy (non-hydrogen) atoms. The third kappa shape index (κ3) is 11.1. The number of carbonyl (C=O) groups excluding carboxylic acids is 2. The number of unbranched alkanes of at least 4 members (excludes halogenated alkanes) is 4. The Bertz CT molecular complexity index is 921. The van der Waals surface area contributed by atoms with Crippen molar-refractivity contribution in [3.05, 3.63) is 59.7 Å². The minimum atomic E-state index is -0.419. The summed E-state index contributed by atoms with van der Waals surface area (Å²) in [4.78, 5) is 34.7. The van der Waals surface area contributed by atoms with Crippen LogP contribution in [0.2, 0.25) is 0 Å². The van der Waals surface area contributed by atoms with Gasteiger partial charge in [0.1, 0.15) is 0 Å². The van der Waals surface area contributed by atoms with Gasteiger partial charge in [0.05, 0.1) is 11.4 Å². The van der Waals surface area contributed by atoms with Gasteiger partial charge < -0.3 is 9.68 Å². The van der Waals surface area contributed by atoms with E-state index in [2.05, 4.69) is 10.3 Å². The van der Waals surface area contributed by atoms with Crippen LogP contribution in [-0.2, 0) is 19.3 Å². The summed E-state index contributed by atoms with van der Waals surface area (Å²) in [5, 5.41) is 8.18. The summed E-state index contributed by atoms with van der Waals surface area (Å²) in [5.41, 5.74) is 3.53. The van der Waals surface area contributed by atoms with Crippen molar-refractivity contribution in [3.63, 3.8) is 0 Å². The Labute approximate surface area is 216 Å². The molecule has 0 heterocycles. The lowest BCUT2D eigenvalue weighted by Gasteiger charge is -2.08. The summed E-state index contributed by atoms with van der Waals surface area (Å²) >= 11 is 3.37. The quantitative estimate of drug-likeness (QED) is 0.0880. The standard InChI is InChI=1S/C27H34N2O4S2/c1-20(30)32-28-26(22-12-16-24(34-3)17-13-22)10-8-6-5-7-9-11-27(29-33-21(2)31)23-14-18-25(35-4)19-15-23/h12-19H,5-11H2,1-4H3. The number of carbonyl (C=O) groups is 2. The lowest BCUT2D eigenvalue weighted by Crippen LogP contribution is -2.05. The number of benzene rings is 2. The van der Waals surface area contributed by atoms with Crippen molar-refractivity contribution >= 4 is 46.9 Å².